The van der Waals surface area contributed by atoms with Crippen molar-refractivity contribution in [1.29, 1.82) is 0 Å². The summed E-state index contributed by atoms with van der Waals surface area (Å²) in [4.78, 5) is 28.2. The van der Waals surface area contributed by atoms with E-state index >= 15 is 0 Å². The van der Waals surface area contributed by atoms with Crippen molar-refractivity contribution in [2.24, 2.45) is 0 Å². The molecule has 108 valence electrons. The Bertz CT molecular complexity index is 574. The van der Waals surface area contributed by atoms with Gasteiger partial charge in [-0.25, -0.2) is 0 Å². The van der Waals surface area contributed by atoms with Crippen LogP contribution >= 0.6 is 27.5 Å². The predicted molar refractivity (Wildman–Crippen MR) is 81.9 cm³/mol. The van der Waals surface area contributed by atoms with Gasteiger partial charge in [0, 0.05) is 29.6 Å². The summed E-state index contributed by atoms with van der Waals surface area (Å²) < 4.78 is 0.636. The lowest BCUT2D eigenvalue weighted by Crippen LogP contribution is -2.63. The maximum Gasteiger partial charge on any atom is 0.255 e. The summed E-state index contributed by atoms with van der Waals surface area (Å²) in [5.74, 6) is -0.220. The Morgan fingerprint density at radius 2 is 2.00 bits per heavy atom. The molecule has 1 aliphatic rings. The maximum atomic E-state index is 12.7. The summed E-state index contributed by atoms with van der Waals surface area (Å²) >= 11 is 9.24. The zero-order valence-corrected chi connectivity index (χ0v) is 14.0. The number of piperazine rings is 1. The standard InChI is InChI=1S/C14H16BrClN2O2/c1-14(2)13(20)17(3)6-7-18(14)12(19)10-5-4-9(16)8-11(10)15/h4-5,8H,6-7H2,1-3H3. The van der Waals surface area contributed by atoms with Gasteiger partial charge in [0.05, 0.1) is 5.56 Å². The molecule has 0 aliphatic carbocycles. The molecule has 4 nitrogen and oxygen atoms in total. The molecule has 1 heterocycles. The molecule has 6 heteroatoms. The first kappa shape index (κ1) is 15.3. The van der Waals surface area contributed by atoms with Crippen LogP contribution in [0.5, 0.6) is 0 Å². The van der Waals surface area contributed by atoms with Gasteiger partial charge in [-0.15, -0.1) is 0 Å². The highest BCUT2D eigenvalue weighted by Crippen LogP contribution is 2.28. The van der Waals surface area contributed by atoms with Crippen molar-refractivity contribution in [1.82, 2.24) is 9.80 Å². The van der Waals surface area contributed by atoms with E-state index in [0.29, 0.717) is 28.1 Å². The van der Waals surface area contributed by atoms with Gasteiger partial charge in [0.1, 0.15) is 5.54 Å². The van der Waals surface area contributed by atoms with Crippen LogP contribution in [0.15, 0.2) is 22.7 Å². The number of likely N-dealkylation sites (N-methyl/N-ethyl adjacent to an activating group) is 1. The number of rotatable bonds is 1. The zero-order chi connectivity index (χ0) is 15.1. The number of hydrogen-bond donors (Lipinski definition) is 0. The molecule has 20 heavy (non-hydrogen) atoms. The van der Waals surface area contributed by atoms with Crippen LogP contribution in [0.25, 0.3) is 0 Å². The Morgan fingerprint density at radius 3 is 2.60 bits per heavy atom. The number of carbonyl (C=O) groups is 2. The number of halogens is 2. The summed E-state index contributed by atoms with van der Waals surface area (Å²) in [7, 11) is 1.75. The molecule has 1 aromatic carbocycles. The topological polar surface area (TPSA) is 40.6 Å². The Hall–Kier alpha value is -1.07. The minimum atomic E-state index is -0.844. The average molecular weight is 360 g/mol. The third-order valence-electron chi connectivity index (χ3n) is 3.61. The molecule has 0 radical (unpaired) electrons. The van der Waals surface area contributed by atoms with E-state index in [1.807, 2.05) is 0 Å². The summed E-state index contributed by atoms with van der Waals surface area (Å²) in [6.07, 6.45) is 0. The van der Waals surface area contributed by atoms with Crippen molar-refractivity contribution in [3.8, 4) is 0 Å². The van der Waals surface area contributed by atoms with Gasteiger partial charge >= 0.3 is 0 Å². The summed E-state index contributed by atoms with van der Waals surface area (Å²) in [6, 6.07) is 5.03. The van der Waals surface area contributed by atoms with Gasteiger partial charge < -0.3 is 9.80 Å². The SMILES string of the molecule is CN1CCN(C(=O)c2ccc(Cl)cc2Br)C(C)(C)C1=O. The largest absolute Gasteiger partial charge is 0.342 e. The van der Waals surface area contributed by atoms with Gasteiger partial charge in [0.2, 0.25) is 5.91 Å². The van der Waals surface area contributed by atoms with Gasteiger partial charge in [-0.3, -0.25) is 9.59 Å². The number of benzene rings is 1. The van der Waals surface area contributed by atoms with Crippen LogP contribution in [0, 0.1) is 0 Å². The van der Waals surface area contributed by atoms with E-state index < -0.39 is 5.54 Å². The summed E-state index contributed by atoms with van der Waals surface area (Å²) in [5.41, 5.74) is -0.330. The zero-order valence-electron chi connectivity index (χ0n) is 11.6. The van der Waals surface area contributed by atoms with E-state index in [9.17, 15) is 9.59 Å². The van der Waals surface area contributed by atoms with Crippen molar-refractivity contribution in [2.45, 2.75) is 19.4 Å². The minimum absolute atomic E-state index is 0.0535. The van der Waals surface area contributed by atoms with Gasteiger partial charge in [-0.05, 0) is 48.0 Å². The second kappa shape index (κ2) is 5.37. The monoisotopic (exact) mass is 358 g/mol. The molecule has 1 saturated heterocycles. The predicted octanol–water partition coefficient (Wildman–Crippen LogP) is 2.80. The Kier molecular flexibility index (Phi) is 4.12. The molecule has 1 aliphatic heterocycles. The van der Waals surface area contributed by atoms with Gasteiger partial charge in [0.15, 0.2) is 0 Å². The Balaban J connectivity index is 2.35. The quantitative estimate of drug-likeness (QED) is 0.773. The van der Waals surface area contributed by atoms with Crippen LogP contribution in [0.3, 0.4) is 0 Å². The highest BCUT2D eigenvalue weighted by molar-refractivity contribution is 9.10. The lowest BCUT2D eigenvalue weighted by Gasteiger charge is -2.44. The number of amides is 2. The summed E-state index contributed by atoms with van der Waals surface area (Å²) in [6.45, 7) is 4.60. The number of nitrogens with zero attached hydrogens (tertiary/aromatic N) is 2. The molecular weight excluding hydrogens is 344 g/mol. The van der Waals surface area contributed by atoms with E-state index in [1.165, 1.54) is 0 Å². The van der Waals surface area contributed by atoms with Crippen LogP contribution in [-0.2, 0) is 4.79 Å². The molecule has 1 aromatic rings. The van der Waals surface area contributed by atoms with Crippen LogP contribution in [0.2, 0.25) is 5.02 Å². The van der Waals surface area contributed by atoms with E-state index in [4.69, 9.17) is 11.6 Å². The lowest BCUT2D eigenvalue weighted by atomic mass is 9.96. The molecule has 1 fully saturated rings. The molecule has 0 N–H and O–H groups in total. The first-order chi connectivity index (χ1) is 9.25. The fourth-order valence-corrected chi connectivity index (χ4v) is 3.23. The second-order valence-corrected chi connectivity index (χ2v) is 6.66. The molecule has 0 aromatic heterocycles. The van der Waals surface area contributed by atoms with Crippen molar-refractivity contribution < 1.29 is 9.59 Å². The number of carbonyl (C=O) groups excluding carboxylic acids is 2. The molecule has 2 rings (SSSR count). The van der Waals surface area contributed by atoms with Crippen molar-refractivity contribution in [2.75, 3.05) is 20.1 Å². The maximum absolute atomic E-state index is 12.7. The molecule has 0 bridgehead atoms. The van der Waals surface area contributed by atoms with Gasteiger partial charge in [0.25, 0.3) is 5.91 Å². The van der Waals surface area contributed by atoms with Crippen molar-refractivity contribution in [3.05, 3.63) is 33.3 Å². The van der Waals surface area contributed by atoms with E-state index in [0.717, 1.165) is 0 Å². The van der Waals surface area contributed by atoms with E-state index in [-0.39, 0.29) is 11.8 Å². The van der Waals surface area contributed by atoms with E-state index in [2.05, 4.69) is 15.9 Å². The van der Waals surface area contributed by atoms with Crippen LogP contribution in [0.4, 0.5) is 0 Å². The fraction of sp³-hybridized carbons (Fsp3) is 0.429. The molecule has 0 spiro atoms. The molecule has 2 amide bonds. The third kappa shape index (κ3) is 2.56. The van der Waals surface area contributed by atoms with E-state index in [1.54, 1.807) is 48.9 Å². The Morgan fingerprint density at radius 1 is 1.35 bits per heavy atom. The second-order valence-electron chi connectivity index (χ2n) is 5.37. The molecule has 0 unspecified atom stereocenters. The first-order valence-electron chi connectivity index (χ1n) is 6.27. The first-order valence-corrected chi connectivity index (χ1v) is 7.45. The van der Waals surface area contributed by atoms with Crippen LogP contribution in [0.1, 0.15) is 24.2 Å². The fourth-order valence-electron chi connectivity index (χ4n) is 2.38. The molecule has 0 atom stereocenters. The minimum Gasteiger partial charge on any atom is -0.342 e. The normalized spacial score (nSPS) is 18.4. The highest BCUT2D eigenvalue weighted by atomic mass is 79.9. The van der Waals surface area contributed by atoms with Gasteiger partial charge in [-0.1, -0.05) is 11.6 Å². The average Bonchev–Trinajstić information content (AvgIpc) is 2.35. The third-order valence-corrected chi connectivity index (χ3v) is 4.50. The Labute approximate surface area is 131 Å². The molecular formula is C14H16BrClN2O2. The summed E-state index contributed by atoms with van der Waals surface area (Å²) in [5, 5.41) is 0.558. The van der Waals surface area contributed by atoms with Crippen molar-refractivity contribution in [3.63, 3.8) is 0 Å². The smallest absolute Gasteiger partial charge is 0.255 e. The van der Waals surface area contributed by atoms with Gasteiger partial charge in [-0.2, -0.15) is 0 Å². The highest BCUT2D eigenvalue weighted by Gasteiger charge is 2.43. The van der Waals surface area contributed by atoms with Crippen molar-refractivity contribution >= 4 is 39.3 Å². The van der Waals surface area contributed by atoms with Crippen LogP contribution in [-0.4, -0.2) is 47.3 Å². The molecule has 0 saturated carbocycles. The van der Waals surface area contributed by atoms with Crippen LogP contribution < -0.4 is 0 Å². The number of hydrogen-bond acceptors (Lipinski definition) is 2. The lowest BCUT2D eigenvalue weighted by molar-refractivity contribution is -0.144.